The summed E-state index contributed by atoms with van der Waals surface area (Å²) in [6.45, 7) is 3.92. The van der Waals surface area contributed by atoms with E-state index in [1.807, 2.05) is 0 Å². The fourth-order valence-corrected chi connectivity index (χ4v) is 1.44. The number of carboxylic acid groups (broad SMARTS) is 1. The van der Waals surface area contributed by atoms with Gasteiger partial charge in [0.2, 0.25) is 5.91 Å². The molecule has 1 rings (SSSR count). The smallest absolute Gasteiger partial charge is 0.308 e. The van der Waals surface area contributed by atoms with E-state index < -0.39 is 11.9 Å². The zero-order valence-electron chi connectivity index (χ0n) is 6.99. The van der Waals surface area contributed by atoms with Crippen LogP contribution in [0.2, 0.25) is 0 Å². The molecule has 1 unspecified atom stereocenters. The summed E-state index contributed by atoms with van der Waals surface area (Å²) in [4.78, 5) is 23.1. The van der Waals surface area contributed by atoms with E-state index in [1.54, 1.807) is 0 Å². The number of likely N-dealkylation sites (tertiary alicyclic amines) is 1. The maximum atomic E-state index is 11.2. The Labute approximate surface area is 80.8 Å². The Hall–Kier alpha value is -1.03. The molecule has 0 bridgehead atoms. The Morgan fingerprint density at radius 2 is 2.38 bits per heavy atom. The zero-order valence-corrected chi connectivity index (χ0v) is 7.75. The van der Waals surface area contributed by atoms with Crippen LogP contribution in [0.5, 0.6) is 0 Å². The summed E-state index contributed by atoms with van der Waals surface area (Å²) in [6, 6.07) is 0. The van der Waals surface area contributed by atoms with Crippen molar-refractivity contribution < 1.29 is 14.7 Å². The third kappa shape index (κ3) is 2.45. The van der Waals surface area contributed by atoms with Crippen molar-refractivity contribution in [1.82, 2.24) is 4.90 Å². The van der Waals surface area contributed by atoms with Gasteiger partial charge in [0, 0.05) is 18.0 Å². The number of aliphatic carboxylic acids is 1. The maximum Gasteiger partial charge on any atom is 0.308 e. The summed E-state index contributed by atoms with van der Waals surface area (Å²) < 4.78 is 0. The molecule has 4 nitrogen and oxygen atoms in total. The van der Waals surface area contributed by atoms with Gasteiger partial charge in [0.15, 0.2) is 0 Å². The highest BCUT2D eigenvalue weighted by Gasteiger charge is 2.33. The third-order valence-electron chi connectivity index (χ3n) is 1.93. The van der Waals surface area contributed by atoms with Crippen molar-refractivity contribution in [2.75, 3.05) is 13.1 Å². The lowest BCUT2D eigenvalue weighted by Gasteiger charge is -2.14. The van der Waals surface area contributed by atoms with Crippen LogP contribution in [0.1, 0.15) is 6.42 Å². The number of carbonyl (C=O) groups is 2. The van der Waals surface area contributed by atoms with Crippen molar-refractivity contribution >= 4 is 23.5 Å². The van der Waals surface area contributed by atoms with E-state index in [2.05, 4.69) is 6.58 Å². The molecular weight excluding hydrogens is 194 g/mol. The van der Waals surface area contributed by atoms with Gasteiger partial charge in [0.05, 0.1) is 12.5 Å². The predicted molar refractivity (Wildman–Crippen MR) is 47.3 cm³/mol. The lowest BCUT2D eigenvalue weighted by atomic mass is 10.1. The fourth-order valence-electron chi connectivity index (χ4n) is 1.30. The highest BCUT2D eigenvalue weighted by atomic mass is 35.5. The molecule has 1 saturated heterocycles. The van der Waals surface area contributed by atoms with Crippen molar-refractivity contribution in [2.45, 2.75) is 6.42 Å². The van der Waals surface area contributed by atoms with E-state index in [-0.39, 0.29) is 25.4 Å². The molecule has 5 heteroatoms. The summed E-state index contributed by atoms with van der Waals surface area (Å²) in [7, 11) is 0. The minimum Gasteiger partial charge on any atom is -0.481 e. The third-order valence-corrected chi connectivity index (χ3v) is 2.05. The molecule has 1 heterocycles. The van der Waals surface area contributed by atoms with Crippen LogP contribution < -0.4 is 0 Å². The van der Waals surface area contributed by atoms with Crippen molar-refractivity contribution in [1.29, 1.82) is 0 Å². The highest BCUT2D eigenvalue weighted by molar-refractivity contribution is 6.29. The molecule has 1 amide bonds. The predicted octanol–water partition coefficient (Wildman–Crippen LogP) is 0.672. The molecule has 1 N–H and O–H groups in total. The van der Waals surface area contributed by atoms with E-state index in [0.29, 0.717) is 5.03 Å². The molecule has 0 aromatic rings. The van der Waals surface area contributed by atoms with Crippen molar-refractivity contribution in [3.05, 3.63) is 11.6 Å². The number of hydrogen-bond acceptors (Lipinski definition) is 2. The topological polar surface area (TPSA) is 57.6 Å². The zero-order chi connectivity index (χ0) is 10.0. The Bertz CT molecular complexity index is 264. The second kappa shape index (κ2) is 3.79. The lowest BCUT2D eigenvalue weighted by molar-refractivity contribution is -0.141. The summed E-state index contributed by atoms with van der Waals surface area (Å²) in [5, 5.41) is 9.00. The van der Waals surface area contributed by atoms with Crippen LogP contribution in [0.15, 0.2) is 11.6 Å². The first-order valence-corrected chi connectivity index (χ1v) is 4.22. The average Bonchev–Trinajstić information content (AvgIpc) is 2.31. The Balaban J connectivity index is 2.56. The van der Waals surface area contributed by atoms with Crippen LogP contribution in [0.3, 0.4) is 0 Å². The van der Waals surface area contributed by atoms with Crippen LogP contribution in [0, 0.1) is 5.92 Å². The Morgan fingerprint density at radius 3 is 2.77 bits per heavy atom. The van der Waals surface area contributed by atoms with Crippen LogP contribution in [-0.4, -0.2) is 35.0 Å². The van der Waals surface area contributed by atoms with Gasteiger partial charge in [-0.2, -0.15) is 0 Å². The second-order valence-corrected chi connectivity index (χ2v) is 3.57. The summed E-state index contributed by atoms with van der Waals surface area (Å²) >= 11 is 5.51. The van der Waals surface area contributed by atoms with E-state index in [9.17, 15) is 9.59 Å². The van der Waals surface area contributed by atoms with E-state index in [0.717, 1.165) is 0 Å². The number of halogens is 1. The molecule has 0 saturated carbocycles. The number of amides is 1. The monoisotopic (exact) mass is 203 g/mol. The molecule has 1 atom stereocenters. The highest BCUT2D eigenvalue weighted by Crippen LogP contribution is 2.19. The van der Waals surface area contributed by atoms with Gasteiger partial charge in [-0.15, -0.1) is 0 Å². The molecule has 0 aliphatic carbocycles. The van der Waals surface area contributed by atoms with Crippen LogP contribution in [0.25, 0.3) is 0 Å². The van der Waals surface area contributed by atoms with Gasteiger partial charge in [-0.05, 0) is 0 Å². The van der Waals surface area contributed by atoms with Gasteiger partial charge in [-0.25, -0.2) is 0 Å². The number of rotatable bonds is 3. The first kappa shape index (κ1) is 10.1. The minimum atomic E-state index is -0.934. The molecule has 1 aliphatic rings. The van der Waals surface area contributed by atoms with Crippen LogP contribution >= 0.6 is 11.6 Å². The maximum absolute atomic E-state index is 11.2. The second-order valence-electron chi connectivity index (χ2n) is 3.03. The normalized spacial score (nSPS) is 22.1. The van der Waals surface area contributed by atoms with Gasteiger partial charge in [0.1, 0.15) is 0 Å². The molecule has 72 valence electrons. The van der Waals surface area contributed by atoms with E-state index in [4.69, 9.17) is 16.7 Å². The standard InChI is InChI=1S/C8H10ClNO3/c1-5(9)3-10-4-6(8(12)13)2-7(10)11/h6H,1-4H2,(H,12,13). The molecule has 13 heavy (non-hydrogen) atoms. The Kier molecular flexibility index (Phi) is 2.93. The van der Waals surface area contributed by atoms with Gasteiger partial charge < -0.3 is 10.0 Å². The van der Waals surface area contributed by atoms with Gasteiger partial charge in [-0.3, -0.25) is 9.59 Å². The van der Waals surface area contributed by atoms with E-state index >= 15 is 0 Å². The van der Waals surface area contributed by atoms with E-state index in [1.165, 1.54) is 4.90 Å². The number of carboxylic acids is 1. The number of carbonyl (C=O) groups excluding carboxylic acids is 1. The van der Waals surface area contributed by atoms with Crippen molar-refractivity contribution in [3.8, 4) is 0 Å². The first-order valence-electron chi connectivity index (χ1n) is 3.84. The summed E-state index contributed by atoms with van der Waals surface area (Å²) in [6.07, 6.45) is 0.0690. The molecule has 1 fully saturated rings. The Morgan fingerprint density at radius 1 is 1.77 bits per heavy atom. The van der Waals surface area contributed by atoms with Crippen molar-refractivity contribution in [2.24, 2.45) is 5.92 Å². The molecule has 0 radical (unpaired) electrons. The van der Waals surface area contributed by atoms with Crippen molar-refractivity contribution in [3.63, 3.8) is 0 Å². The molecular formula is C8H10ClNO3. The lowest BCUT2D eigenvalue weighted by Crippen LogP contribution is -2.27. The molecule has 0 aromatic heterocycles. The van der Waals surface area contributed by atoms with Gasteiger partial charge >= 0.3 is 5.97 Å². The fraction of sp³-hybridized carbons (Fsp3) is 0.500. The molecule has 0 spiro atoms. The van der Waals surface area contributed by atoms with Crippen LogP contribution in [0.4, 0.5) is 0 Å². The largest absolute Gasteiger partial charge is 0.481 e. The summed E-state index contributed by atoms with van der Waals surface area (Å²) in [5.41, 5.74) is 0. The summed E-state index contributed by atoms with van der Waals surface area (Å²) in [5.74, 6) is -1.70. The first-order chi connectivity index (χ1) is 6.00. The average molecular weight is 204 g/mol. The van der Waals surface area contributed by atoms with Gasteiger partial charge in [-0.1, -0.05) is 18.2 Å². The SMILES string of the molecule is C=C(Cl)CN1CC(C(=O)O)CC1=O. The number of nitrogens with zero attached hydrogens (tertiary/aromatic N) is 1. The number of hydrogen-bond donors (Lipinski definition) is 1. The minimum absolute atomic E-state index is 0.0690. The van der Waals surface area contributed by atoms with Crippen LogP contribution in [-0.2, 0) is 9.59 Å². The molecule has 1 aliphatic heterocycles. The molecule has 0 aromatic carbocycles. The van der Waals surface area contributed by atoms with Gasteiger partial charge in [0.25, 0.3) is 0 Å². The quantitative estimate of drug-likeness (QED) is 0.734.